The number of amides is 1. The van der Waals surface area contributed by atoms with Crippen molar-refractivity contribution in [2.45, 2.75) is 20.0 Å². The van der Waals surface area contributed by atoms with Crippen LogP contribution in [-0.2, 0) is 13.1 Å². The zero-order valence-electron chi connectivity index (χ0n) is 15.8. The number of aromatic nitrogens is 1. The third-order valence-electron chi connectivity index (χ3n) is 4.81. The molecule has 2 aromatic heterocycles. The molecule has 0 aliphatic carbocycles. The van der Waals surface area contributed by atoms with Crippen LogP contribution in [0.4, 0.5) is 4.39 Å². The van der Waals surface area contributed by atoms with Gasteiger partial charge in [0.05, 0.1) is 24.9 Å². The van der Waals surface area contributed by atoms with E-state index in [1.165, 1.54) is 29.4 Å². The van der Waals surface area contributed by atoms with Crippen LogP contribution in [0.2, 0.25) is 0 Å². The van der Waals surface area contributed by atoms with E-state index in [1.54, 1.807) is 24.3 Å². The largest absolute Gasteiger partial charge is 0.467 e. The molecule has 0 radical (unpaired) electrons. The summed E-state index contributed by atoms with van der Waals surface area (Å²) >= 11 is 0. The third kappa shape index (κ3) is 3.96. The molecule has 2 aromatic carbocycles. The maximum atomic E-state index is 13.6. The van der Waals surface area contributed by atoms with Crippen molar-refractivity contribution in [2.24, 2.45) is 0 Å². The van der Waals surface area contributed by atoms with Crippen molar-refractivity contribution in [1.82, 2.24) is 9.88 Å². The van der Waals surface area contributed by atoms with Crippen molar-refractivity contribution < 1.29 is 13.6 Å². The molecule has 0 atom stereocenters. The van der Waals surface area contributed by atoms with Crippen LogP contribution in [0.15, 0.2) is 76.1 Å². The number of pyridine rings is 1. The van der Waals surface area contributed by atoms with Gasteiger partial charge in [0.25, 0.3) is 11.5 Å². The average Bonchev–Trinajstić information content (AvgIpc) is 3.21. The molecule has 0 saturated heterocycles. The van der Waals surface area contributed by atoms with E-state index in [0.29, 0.717) is 11.3 Å². The number of furan rings is 1. The van der Waals surface area contributed by atoms with E-state index in [9.17, 15) is 14.0 Å². The molecule has 146 valence electrons. The molecule has 0 bridgehead atoms. The second-order valence-electron chi connectivity index (χ2n) is 6.91. The van der Waals surface area contributed by atoms with E-state index in [1.807, 2.05) is 25.1 Å². The molecule has 0 aliphatic rings. The van der Waals surface area contributed by atoms with Gasteiger partial charge in [-0.2, -0.15) is 0 Å². The van der Waals surface area contributed by atoms with Crippen LogP contribution in [-0.4, -0.2) is 15.8 Å². The lowest BCUT2D eigenvalue weighted by Crippen LogP contribution is -2.32. The van der Waals surface area contributed by atoms with Gasteiger partial charge in [-0.05, 0) is 54.3 Å². The fourth-order valence-corrected chi connectivity index (χ4v) is 3.35. The summed E-state index contributed by atoms with van der Waals surface area (Å²) in [5, 5.41) is 0.885. The first-order chi connectivity index (χ1) is 14.0. The monoisotopic (exact) mass is 390 g/mol. The summed E-state index contributed by atoms with van der Waals surface area (Å²) < 4.78 is 19.0. The summed E-state index contributed by atoms with van der Waals surface area (Å²) in [7, 11) is 0. The van der Waals surface area contributed by atoms with Crippen molar-refractivity contribution in [3.05, 3.63) is 106 Å². The minimum Gasteiger partial charge on any atom is -0.467 e. The van der Waals surface area contributed by atoms with Crippen LogP contribution in [0.5, 0.6) is 0 Å². The van der Waals surface area contributed by atoms with Gasteiger partial charge in [-0.1, -0.05) is 24.3 Å². The van der Waals surface area contributed by atoms with Crippen LogP contribution >= 0.6 is 0 Å². The van der Waals surface area contributed by atoms with Crippen molar-refractivity contribution in [3.63, 3.8) is 0 Å². The van der Waals surface area contributed by atoms with Crippen LogP contribution in [0.1, 0.15) is 27.2 Å². The second-order valence-corrected chi connectivity index (χ2v) is 6.91. The molecule has 5 nitrogen and oxygen atoms in total. The predicted molar refractivity (Wildman–Crippen MR) is 108 cm³/mol. The molecule has 1 N–H and O–H groups in total. The number of H-pyrrole nitrogens is 1. The number of aryl methyl sites for hydroxylation is 1. The van der Waals surface area contributed by atoms with Gasteiger partial charge in [-0.25, -0.2) is 4.39 Å². The zero-order chi connectivity index (χ0) is 20.4. The van der Waals surface area contributed by atoms with Crippen LogP contribution < -0.4 is 5.56 Å². The number of hydrogen-bond acceptors (Lipinski definition) is 3. The number of benzene rings is 2. The van der Waals surface area contributed by atoms with E-state index in [2.05, 4.69) is 4.98 Å². The molecule has 29 heavy (non-hydrogen) atoms. The fourth-order valence-electron chi connectivity index (χ4n) is 3.35. The molecule has 4 aromatic rings. The topological polar surface area (TPSA) is 66.3 Å². The van der Waals surface area contributed by atoms with E-state index < -0.39 is 5.82 Å². The number of nitrogens with zero attached hydrogens (tertiary/aromatic N) is 1. The van der Waals surface area contributed by atoms with Crippen molar-refractivity contribution in [3.8, 4) is 0 Å². The Morgan fingerprint density at radius 3 is 2.66 bits per heavy atom. The Balaban J connectivity index is 1.72. The van der Waals surface area contributed by atoms with Gasteiger partial charge in [0, 0.05) is 11.1 Å². The van der Waals surface area contributed by atoms with Crippen LogP contribution in [0, 0.1) is 12.7 Å². The number of rotatable bonds is 5. The quantitative estimate of drug-likeness (QED) is 0.549. The maximum absolute atomic E-state index is 13.6. The molecule has 0 aliphatic heterocycles. The molecular formula is C23H19FN2O3. The predicted octanol–water partition coefficient (Wildman–Crippen LogP) is 4.41. The first-order valence-corrected chi connectivity index (χ1v) is 9.20. The highest BCUT2D eigenvalue weighted by Gasteiger charge is 2.20. The van der Waals surface area contributed by atoms with Gasteiger partial charge < -0.3 is 14.3 Å². The van der Waals surface area contributed by atoms with Crippen LogP contribution in [0.25, 0.3) is 10.9 Å². The van der Waals surface area contributed by atoms with Gasteiger partial charge in [0.1, 0.15) is 11.6 Å². The van der Waals surface area contributed by atoms with Gasteiger partial charge >= 0.3 is 0 Å². The molecule has 0 saturated carbocycles. The number of para-hydroxylation sites is 1. The SMILES string of the molecule is Cc1cccc2cc(CN(Cc3ccco3)C(=O)c3cccc(F)c3)c(=O)[nH]c12. The molecule has 0 spiro atoms. The van der Waals surface area contributed by atoms with E-state index in [4.69, 9.17) is 4.42 Å². The summed E-state index contributed by atoms with van der Waals surface area (Å²) in [4.78, 5) is 30.1. The number of carbonyl (C=O) groups excluding carboxylic acids is 1. The van der Waals surface area contributed by atoms with E-state index in [0.717, 1.165) is 16.5 Å². The molecular weight excluding hydrogens is 371 g/mol. The van der Waals surface area contributed by atoms with Gasteiger partial charge in [-0.3, -0.25) is 9.59 Å². The van der Waals surface area contributed by atoms with E-state index in [-0.39, 0.29) is 30.1 Å². The summed E-state index contributed by atoms with van der Waals surface area (Å²) in [6, 6.07) is 16.5. The third-order valence-corrected chi connectivity index (χ3v) is 4.81. The van der Waals surface area contributed by atoms with Crippen molar-refractivity contribution >= 4 is 16.8 Å². The lowest BCUT2D eigenvalue weighted by atomic mass is 10.1. The Morgan fingerprint density at radius 2 is 1.90 bits per heavy atom. The highest BCUT2D eigenvalue weighted by molar-refractivity contribution is 5.94. The summed E-state index contributed by atoms with van der Waals surface area (Å²) in [5.41, 5.74) is 2.14. The molecule has 6 heteroatoms. The highest BCUT2D eigenvalue weighted by atomic mass is 19.1. The average molecular weight is 390 g/mol. The normalized spacial score (nSPS) is 11.0. The number of nitrogens with one attached hydrogen (secondary N) is 1. The van der Waals surface area contributed by atoms with Gasteiger partial charge in [0.15, 0.2) is 0 Å². The molecule has 0 fully saturated rings. The number of halogens is 1. The number of hydrogen-bond donors (Lipinski definition) is 1. The lowest BCUT2D eigenvalue weighted by molar-refractivity contribution is 0.0716. The highest BCUT2D eigenvalue weighted by Crippen LogP contribution is 2.18. The number of carbonyl (C=O) groups is 1. The Morgan fingerprint density at radius 1 is 1.07 bits per heavy atom. The zero-order valence-corrected chi connectivity index (χ0v) is 15.8. The molecule has 0 unspecified atom stereocenters. The van der Waals surface area contributed by atoms with Gasteiger partial charge in [0.2, 0.25) is 0 Å². The van der Waals surface area contributed by atoms with Gasteiger partial charge in [-0.15, -0.1) is 0 Å². The van der Waals surface area contributed by atoms with Crippen LogP contribution in [0.3, 0.4) is 0 Å². The minimum absolute atomic E-state index is 0.0647. The summed E-state index contributed by atoms with van der Waals surface area (Å²) in [6.07, 6.45) is 1.52. The smallest absolute Gasteiger partial charge is 0.254 e. The maximum Gasteiger partial charge on any atom is 0.254 e. The minimum atomic E-state index is -0.493. The summed E-state index contributed by atoms with van der Waals surface area (Å²) in [6.45, 7) is 2.15. The number of aromatic amines is 1. The number of fused-ring (bicyclic) bond motifs is 1. The Kier molecular flexibility index (Phi) is 4.99. The van der Waals surface area contributed by atoms with Crippen molar-refractivity contribution in [2.75, 3.05) is 0 Å². The Hall–Kier alpha value is -3.67. The first kappa shape index (κ1) is 18.7. The molecule has 2 heterocycles. The standard InChI is InChI=1S/C23H19FN2O3/c1-15-5-2-6-16-11-18(22(27)25-21(15)16)13-26(14-20-9-4-10-29-20)23(28)17-7-3-8-19(24)12-17/h2-12H,13-14H2,1H3,(H,25,27). The van der Waals surface area contributed by atoms with Crippen molar-refractivity contribution in [1.29, 1.82) is 0 Å². The molecule has 1 amide bonds. The van der Waals surface area contributed by atoms with E-state index >= 15 is 0 Å². The Labute approximate surface area is 166 Å². The fraction of sp³-hybridized carbons (Fsp3) is 0.130. The lowest BCUT2D eigenvalue weighted by Gasteiger charge is -2.22. The Bertz CT molecular complexity index is 1230. The first-order valence-electron chi connectivity index (χ1n) is 9.20. The molecule has 4 rings (SSSR count). The second kappa shape index (κ2) is 7.75. The summed E-state index contributed by atoms with van der Waals surface area (Å²) in [5.74, 6) is -0.305.